The molecular formula is C19H27N5O2. The highest BCUT2D eigenvalue weighted by atomic mass is 16.2. The van der Waals surface area contributed by atoms with Gasteiger partial charge in [0.05, 0.1) is 5.69 Å². The summed E-state index contributed by atoms with van der Waals surface area (Å²) in [5, 5.41) is 4.43. The van der Waals surface area contributed by atoms with Gasteiger partial charge in [0.25, 0.3) is 0 Å². The maximum Gasteiger partial charge on any atom is 0.222 e. The number of carbonyl (C=O) groups excluding carboxylic acids is 2. The highest BCUT2D eigenvalue weighted by Gasteiger charge is 2.30. The first-order valence-corrected chi connectivity index (χ1v) is 9.26. The quantitative estimate of drug-likeness (QED) is 0.743. The molecule has 0 radical (unpaired) electrons. The fourth-order valence-electron chi connectivity index (χ4n) is 3.64. The van der Waals surface area contributed by atoms with Gasteiger partial charge >= 0.3 is 0 Å². The number of rotatable bonds is 6. The van der Waals surface area contributed by atoms with E-state index in [0.717, 1.165) is 43.7 Å². The van der Waals surface area contributed by atoms with Crippen LogP contribution in [-0.4, -0.2) is 49.0 Å². The van der Waals surface area contributed by atoms with Crippen molar-refractivity contribution < 1.29 is 9.59 Å². The molecule has 7 heteroatoms. The minimum Gasteiger partial charge on any atom is -0.342 e. The molecule has 1 atom stereocenters. The topological polar surface area (TPSA) is 73.0 Å². The number of likely N-dealkylation sites (tertiary alicyclic amines) is 1. The van der Waals surface area contributed by atoms with E-state index in [1.165, 1.54) is 0 Å². The van der Waals surface area contributed by atoms with E-state index >= 15 is 0 Å². The number of amides is 1. The van der Waals surface area contributed by atoms with Crippen LogP contribution in [0.15, 0.2) is 18.5 Å². The van der Waals surface area contributed by atoms with E-state index < -0.39 is 0 Å². The fraction of sp³-hybridized carbons (Fsp3) is 0.579. The van der Waals surface area contributed by atoms with Crippen molar-refractivity contribution in [2.24, 2.45) is 13.0 Å². The third-order valence-electron chi connectivity index (χ3n) is 5.05. The van der Waals surface area contributed by atoms with E-state index in [-0.39, 0.29) is 17.6 Å². The van der Waals surface area contributed by atoms with Gasteiger partial charge in [0, 0.05) is 57.1 Å². The van der Waals surface area contributed by atoms with Crippen LogP contribution in [0.4, 0.5) is 0 Å². The zero-order valence-corrected chi connectivity index (χ0v) is 15.8. The minimum absolute atomic E-state index is 0.0395. The standard InChI is InChI=1S/C19H27N5O2/c1-14-12-15(2)24(21-14)10-5-7-17(25)23-9-4-6-16(13-23)18(26)19-20-8-11-22(19)3/h8,11-12,16H,4-7,9-10,13H2,1-3H3. The Morgan fingerprint density at radius 1 is 1.31 bits per heavy atom. The molecular weight excluding hydrogens is 330 g/mol. The Morgan fingerprint density at radius 2 is 2.12 bits per heavy atom. The zero-order chi connectivity index (χ0) is 18.7. The average molecular weight is 357 g/mol. The van der Waals surface area contributed by atoms with E-state index in [9.17, 15) is 9.59 Å². The summed E-state index contributed by atoms with van der Waals surface area (Å²) in [5.41, 5.74) is 2.12. The van der Waals surface area contributed by atoms with Gasteiger partial charge in [-0.2, -0.15) is 5.10 Å². The predicted molar refractivity (Wildman–Crippen MR) is 97.8 cm³/mol. The van der Waals surface area contributed by atoms with Crippen LogP contribution in [0, 0.1) is 19.8 Å². The Balaban J connectivity index is 1.52. The summed E-state index contributed by atoms with van der Waals surface area (Å²) >= 11 is 0. The van der Waals surface area contributed by atoms with Crippen molar-refractivity contribution in [2.45, 2.75) is 46.1 Å². The lowest BCUT2D eigenvalue weighted by molar-refractivity contribution is -0.132. The van der Waals surface area contributed by atoms with Gasteiger partial charge in [-0.05, 0) is 39.2 Å². The van der Waals surface area contributed by atoms with Gasteiger partial charge < -0.3 is 9.47 Å². The highest BCUT2D eigenvalue weighted by Crippen LogP contribution is 2.21. The molecule has 2 aromatic rings. The van der Waals surface area contributed by atoms with E-state index in [0.29, 0.717) is 18.8 Å². The van der Waals surface area contributed by atoms with Crippen LogP contribution in [0.2, 0.25) is 0 Å². The number of Topliss-reactive ketones (excluding diaryl/α,β-unsaturated/α-hetero) is 1. The summed E-state index contributed by atoms with van der Waals surface area (Å²) in [6.07, 6.45) is 6.35. The zero-order valence-electron chi connectivity index (χ0n) is 15.8. The second kappa shape index (κ2) is 7.85. The number of hydrogen-bond acceptors (Lipinski definition) is 4. The van der Waals surface area contributed by atoms with Gasteiger partial charge in [0.2, 0.25) is 11.7 Å². The van der Waals surface area contributed by atoms with Crippen LogP contribution in [-0.2, 0) is 18.4 Å². The van der Waals surface area contributed by atoms with Crippen LogP contribution in [0.1, 0.15) is 47.7 Å². The Morgan fingerprint density at radius 3 is 2.77 bits per heavy atom. The maximum atomic E-state index is 12.7. The Kier molecular flexibility index (Phi) is 5.54. The van der Waals surface area contributed by atoms with Crippen molar-refractivity contribution in [3.05, 3.63) is 35.7 Å². The van der Waals surface area contributed by atoms with E-state index in [1.807, 2.05) is 36.5 Å². The number of carbonyl (C=O) groups is 2. The summed E-state index contributed by atoms with van der Waals surface area (Å²) in [6.45, 7) is 5.99. The fourth-order valence-corrected chi connectivity index (χ4v) is 3.64. The molecule has 0 saturated carbocycles. The van der Waals surface area contributed by atoms with Gasteiger partial charge in [-0.1, -0.05) is 0 Å². The Labute approximate surface area is 154 Å². The van der Waals surface area contributed by atoms with Crippen molar-refractivity contribution in [1.82, 2.24) is 24.2 Å². The number of nitrogens with zero attached hydrogens (tertiary/aromatic N) is 5. The maximum absolute atomic E-state index is 12.7. The van der Waals surface area contributed by atoms with Crippen molar-refractivity contribution in [3.8, 4) is 0 Å². The van der Waals surface area contributed by atoms with Crippen LogP contribution in [0.3, 0.4) is 0 Å². The second-order valence-electron chi connectivity index (χ2n) is 7.16. The van der Waals surface area contributed by atoms with Crippen LogP contribution < -0.4 is 0 Å². The number of aromatic nitrogens is 4. The Hall–Kier alpha value is -2.44. The van der Waals surface area contributed by atoms with Crippen molar-refractivity contribution in [2.75, 3.05) is 13.1 Å². The number of piperidine rings is 1. The second-order valence-corrected chi connectivity index (χ2v) is 7.16. The molecule has 1 aliphatic heterocycles. The molecule has 140 valence electrons. The molecule has 1 unspecified atom stereocenters. The lowest BCUT2D eigenvalue weighted by Gasteiger charge is -2.32. The SMILES string of the molecule is Cc1cc(C)n(CCCC(=O)N2CCCC(C(=O)c3nccn3C)C2)n1. The van der Waals surface area contributed by atoms with Crippen molar-refractivity contribution in [1.29, 1.82) is 0 Å². The normalized spacial score (nSPS) is 17.5. The molecule has 0 spiro atoms. The molecule has 3 heterocycles. The molecule has 1 aliphatic rings. The monoisotopic (exact) mass is 357 g/mol. The van der Waals surface area contributed by atoms with E-state index in [4.69, 9.17) is 0 Å². The minimum atomic E-state index is -0.148. The third kappa shape index (κ3) is 4.03. The molecule has 0 aliphatic carbocycles. The predicted octanol–water partition coefficient (Wildman–Crippen LogP) is 2.14. The molecule has 0 N–H and O–H groups in total. The number of hydrogen-bond donors (Lipinski definition) is 0. The molecule has 3 rings (SSSR count). The van der Waals surface area contributed by atoms with Crippen LogP contribution >= 0.6 is 0 Å². The first-order valence-electron chi connectivity index (χ1n) is 9.26. The van der Waals surface area contributed by atoms with Gasteiger partial charge in [-0.15, -0.1) is 0 Å². The molecule has 1 amide bonds. The van der Waals surface area contributed by atoms with Gasteiger partial charge in [0.1, 0.15) is 0 Å². The molecule has 0 bridgehead atoms. The summed E-state index contributed by atoms with van der Waals surface area (Å²) < 4.78 is 3.70. The number of aryl methyl sites for hydroxylation is 4. The molecule has 0 aromatic carbocycles. The smallest absolute Gasteiger partial charge is 0.222 e. The van der Waals surface area contributed by atoms with Gasteiger partial charge in [-0.3, -0.25) is 14.3 Å². The largest absolute Gasteiger partial charge is 0.342 e. The van der Waals surface area contributed by atoms with Crippen molar-refractivity contribution >= 4 is 11.7 Å². The van der Waals surface area contributed by atoms with E-state index in [1.54, 1.807) is 17.0 Å². The summed E-state index contributed by atoms with van der Waals surface area (Å²) in [5.74, 6) is 0.500. The molecule has 2 aromatic heterocycles. The number of imidazole rings is 1. The van der Waals surface area contributed by atoms with Crippen LogP contribution in [0.25, 0.3) is 0 Å². The summed E-state index contributed by atoms with van der Waals surface area (Å²) in [6, 6.07) is 2.04. The first kappa shape index (κ1) is 18.4. The Bertz CT molecular complexity index is 792. The lowest BCUT2D eigenvalue weighted by Crippen LogP contribution is -2.42. The summed E-state index contributed by atoms with van der Waals surface area (Å²) in [7, 11) is 1.82. The lowest BCUT2D eigenvalue weighted by atomic mass is 9.93. The highest BCUT2D eigenvalue weighted by molar-refractivity contribution is 5.95. The molecule has 1 saturated heterocycles. The van der Waals surface area contributed by atoms with Crippen molar-refractivity contribution in [3.63, 3.8) is 0 Å². The van der Waals surface area contributed by atoms with Crippen LogP contribution in [0.5, 0.6) is 0 Å². The first-order chi connectivity index (χ1) is 12.5. The molecule has 7 nitrogen and oxygen atoms in total. The molecule has 1 fully saturated rings. The van der Waals surface area contributed by atoms with E-state index in [2.05, 4.69) is 10.1 Å². The van der Waals surface area contributed by atoms with Gasteiger partial charge in [0.15, 0.2) is 5.82 Å². The van der Waals surface area contributed by atoms with Gasteiger partial charge in [-0.25, -0.2) is 4.98 Å². The summed E-state index contributed by atoms with van der Waals surface area (Å²) in [4.78, 5) is 31.2. The third-order valence-corrected chi connectivity index (χ3v) is 5.05. The molecule has 26 heavy (non-hydrogen) atoms. The number of ketones is 1. The average Bonchev–Trinajstić information content (AvgIpc) is 3.19.